The Labute approximate surface area is 215 Å². The van der Waals surface area contributed by atoms with Gasteiger partial charge in [0.05, 0.1) is 40.6 Å². The van der Waals surface area contributed by atoms with Crippen molar-refractivity contribution in [1.82, 2.24) is 14.8 Å². The van der Waals surface area contributed by atoms with Crippen molar-refractivity contribution < 1.29 is 17.9 Å². The normalized spacial score (nSPS) is 11.7. The van der Waals surface area contributed by atoms with Crippen LogP contribution in [0.4, 0.5) is 5.13 Å². The minimum Gasteiger partial charge on any atom is -0.492 e. The summed E-state index contributed by atoms with van der Waals surface area (Å²) >= 11 is 1.44. The fraction of sp³-hybridized carbons (Fsp3) is 0.346. The molecule has 36 heavy (non-hydrogen) atoms. The molecule has 4 rings (SSSR count). The number of hydrogen-bond acceptors (Lipinski definition) is 7. The minimum atomic E-state index is -3.29. The molecule has 0 radical (unpaired) electrons. The molecule has 0 saturated carbocycles. The van der Waals surface area contributed by atoms with Gasteiger partial charge in [-0.3, -0.25) is 14.4 Å². The average molecular weight is 527 g/mol. The molecular weight excluding hydrogens is 496 g/mol. The lowest BCUT2D eigenvalue weighted by atomic mass is 10.1. The van der Waals surface area contributed by atoms with E-state index < -0.39 is 9.84 Å². The molecule has 10 heteroatoms. The fourth-order valence-corrected chi connectivity index (χ4v) is 5.88. The number of amides is 1. The molecule has 190 valence electrons. The van der Waals surface area contributed by atoms with Crippen LogP contribution in [0, 0.1) is 13.8 Å². The van der Waals surface area contributed by atoms with Gasteiger partial charge in [-0.2, -0.15) is 5.10 Å². The molecule has 0 bridgehead atoms. The number of aromatic nitrogens is 3. The maximum absolute atomic E-state index is 13.6. The highest BCUT2D eigenvalue weighted by Gasteiger charge is 2.22. The standard InChI is InChI=1S/C26H30N4O4S2/c1-5-34-22-8-7-9-23-25(22)27-26(35-23)29(14-15-30-19(4)16-18(3)28-30)24(31)17-20-10-12-21(13-11-20)36(32,33)6-2/h7-13,16H,5-6,14-15,17H2,1-4H3. The van der Waals surface area contributed by atoms with Gasteiger partial charge in [0.2, 0.25) is 5.91 Å². The van der Waals surface area contributed by atoms with Gasteiger partial charge in [-0.25, -0.2) is 13.4 Å². The number of ether oxygens (including phenoxy) is 1. The molecule has 0 atom stereocenters. The number of thiazole rings is 1. The van der Waals surface area contributed by atoms with Gasteiger partial charge in [0, 0.05) is 12.2 Å². The Bertz CT molecular complexity index is 1470. The Morgan fingerprint density at radius 1 is 1.11 bits per heavy atom. The van der Waals surface area contributed by atoms with Crippen molar-refractivity contribution in [2.45, 2.75) is 45.6 Å². The second-order valence-electron chi connectivity index (χ2n) is 8.45. The van der Waals surface area contributed by atoms with Crippen LogP contribution in [0.25, 0.3) is 10.2 Å². The van der Waals surface area contributed by atoms with Gasteiger partial charge >= 0.3 is 0 Å². The first-order chi connectivity index (χ1) is 17.2. The summed E-state index contributed by atoms with van der Waals surface area (Å²) in [6, 6.07) is 14.3. The van der Waals surface area contributed by atoms with Crippen LogP contribution in [0.2, 0.25) is 0 Å². The molecule has 2 aromatic heterocycles. The van der Waals surface area contributed by atoms with E-state index in [1.165, 1.54) is 11.3 Å². The topological polar surface area (TPSA) is 94.4 Å². The summed E-state index contributed by atoms with van der Waals surface area (Å²) in [6.45, 7) is 8.91. The molecule has 8 nitrogen and oxygen atoms in total. The number of anilines is 1. The lowest BCUT2D eigenvalue weighted by Crippen LogP contribution is -2.35. The Morgan fingerprint density at radius 3 is 2.50 bits per heavy atom. The molecule has 0 unspecified atom stereocenters. The summed E-state index contributed by atoms with van der Waals surface area (Å²) in [5.41, 5.74) is 3.42. The van der Waals surface area contributed by atoms with Gasteiger partial charge in [0.1, 0.15) is 11.3 Å². The molecule has 2 heterocycles. The summed E-state index contributed by atoms with van der Waals surface area (Å²) < 4.78 is 32.8. The molecule has 1 amide bonds. The lowest BCUT2D eigenvalue weighted by molar-refractivity contribution is -0.118. The van der Waals surface area contributed by atoms with E-state index in [1.807, 2.05) is 49.7 Å². The Kier molecular flexibility index (Phi) is 7.75. The molecular formula is C26H30N4O4S2. The van der Waals surface area contributed by atoms with Crippen LogP contribution in [-0.4, -0.2) is 48.0 Å². The zero-order valence-corrected chi connectivity index (χ0v) is 22.5. The molecule has 0 aliphatic rings. The van der Waals surface area contributed by atoms with Gasteiger partial charge in [0.25, 0.3) is 0 Å². The zero-order valence-electron chi connectivity index (χ0n) is 20.9. The van der Waals surface area contributed by atoms with E-state index >= 15 is 0 Å². The maximum Gasteiger partial charge on any atom is 0.233 e. The van der Waals surface area contributed by atoms with Crippen molar-refractivity contribution in [3.63, 3.8) is 0 Å². The summed E-state index contributed by atoms with van der Waals surface area (Å²) in [7, 11) is -3.29. The van der Waals surface area contributed by atoms with E-state index in [0.717, 1.165) is 27.2 Å². The number of carbonyl (C=O) groups is 1. The van der Waals surface area contributed by atoms with E-state index in [1.54, 1.807) is 36.1 Å². The van der Waals surface area contributed by atoms with Gasteiger partial charge in [-0.1, -0.05) is 36.5 Å². The van der Waals surface area contributed by atoms with Crippen molar-refractivity contribution in [3.05, 3.63) is 65.5 Å². The van der Waals surface area contributed by atoms with Gasteiger partial charge in [0.15, 0.2) is 15.0 Å². The molecule has 0 fully saturated rings. The van der Waals surface area contributed by atoms with Crippen LogP contribution >= 0.6 is 11.3 Å². The number of rotatable bonds is 10. The summed E-state index contributed by atoms with van der Waals surface area (Å²) in [6.07, 6.45) is 0.123. The first-order valence-corrected chi connectivity index (χ1v) is 14.3. The van der Waals surface area contributed by atoms with Crippen molar-refractivity contribution in [2.24, 2.45) is 0 Å². The number of carbonyl (C=O) groups excluding carboxylic acids is 1. The summed E-state index contributed by atoms with van der Waals surface area (Å²) in [5, 5.41) is 5.12. The van der Waals surface area contributed by atoms with Crippen molar-refractivity contribution >= 4 is 42.4 Å². The second kappa shape index (κ2) is 10.8. The van der Waals surface area contributed by atoms with Crippen LogP contribution < -0.4 is 9.64 Å². The molecule has 4 aromatic rings. The van der Waals surface area contributed by atoms with E-state index in [-0.39, 0.29) is 23.0 Å². The zero-order chi connectivity index (χ0) is 25.9. The Balaban J connectivity index is 1.63. The van der Waals surface area contributed by atoms with Crippen LogP contribution in [-0.2, 0) is 27.6 Å². The van der Waals surface area contributed by atoms with Crippen LogP contribution in [0.5, 0.6) is 5.75 Å². The van der Waals surface area contributed by atoms with Crippen LogP contribution in [0.1, 0.15) is 30.8 Å². The average Bonchev–Trinajstić information content (AvgIpc) is 3.42. The molecule has 0 N–H and O–H groups in total. The molecule has 2 aromatic carbocycles. The second-order valence-corrected chi connectivity index (χ2v) is 11.7. The predicted molar refractivity (Wildman–Crippen MR) is 143 cm³/mol. The SMILES string of the molecule is CCOc1cccc2sc(N(CCn3nc(C)cc3C)C(=O)Cc3ccc(S(=O)(=O)CC)cc3)nc12. The first-order valence-electron chi connectivity index (χ1n) is 11.9. The van der Waals surface area contributed by atoms with E-state index in [0.29, 0.717) is 30.6 Å². The van der Waals surface area contributed by atoms with Crippen molar-refractivity contribution in [2.75, 3.05) is 23.8 Å². The first kappa shape index (κ1) is 25.8. The van der Waals surface area contributed by atoms with Crippen molar-refractivity contribution in [1.29, 1.82) is 0 Å². The number of nitrogens with zero attached hydrogens (tertiary/aromatic N) is 4. The number of benzene rings is 2. The largest absolute Gasteiger partial charge is 0.492 e. The lowest BCUT2D eigenvalue weighted by Gasteiger charge is -2.20. The number of aryl methyl sites for hydroxylation is 2. The van der Waals surface area contributed by atoms with Crippen LogP contribution in [0.3, 0.4) is 0 Å². The number of para-hydroxylation sites is 1. The van der Waals surface area contributed by atoms with E-state index in [2.05, 4.69) is 5.10 Å². The smallest absolute Gasteiger partial charge is 0.233 e. The fourth-order valence-electron chi connectivity index (χ4n) is 3.97. The molecule has 0 aliphatic heterocycles. The Hall–Kier alpha value is -3.24. The third-order valence-electron chi connectivity index (χ3n) is 5.86. The highest BCUT2D eigenvalue weighted by atomic mass is 32.2. The predicted octanol–water partition coefficient (Wildman–Crippen LogP) is 4.58. The number of fused-ring (bicyclic) bond motifs is 1. The van der Waals surface area contributed by atoms with E-state index in [9.17, 15) is 13.2 Å². The minimum absolute atomic E-state index is 0.0344. The van der Waals surface area contributed by atoms with Crippen LogP contribution in [0.15, 0.2) is 53.4 Å². The molecule has 0 spiro atoms. The van der Waals surface area contributed by atoms with Gasteiger partial charge < -0.3 is 4.74 Å². The van der Waals surface area contributed by atoms with E-state index in [4.69, 9.17) is 9.72 Å². The van der Waals surface area contributed by atoms with Crippen molar-refractivity contribution in [3.8, 4) is 5.75 Å². The van der Waals surface area contributed by atoms with Gasteiger partial charge in [-0.05, 0) is 56.7 Å². The molecule has 0 saturated heterocycles. The third-order valence-corrected chi connectivity index (χ3v) is 8.65. The Morgan fingerprint density at radius 2 is 1.86 bits per heavy atom. The van der Waals surface area contributed by atoms with Gasteiger partial charge in [-0.15, -0.1) is 0 Å². The highest BCUT2D eigenvalue weighted by molar-refractivity contribution is 7.91. The third kappa shape index (κ3) is 5.60. The summed E-state index contributed by atoms with van der Waals surface area (Å²) in [5.74, 6) is 0.600. The maximum atomic E-state index is 13.6. The number of hydrogen-bond donors (Lipinski definition) is 0. The number of sulfone groups is 1. The summed E-state index contributed by atoms with van der Waals surface area (Å²) in [4.78, 5) is 20.3. The highest BCUT2D eigenvalue weighted by Crippen LogP contribution is 2.34. The molecule has 0 aliphatic carbocycles. The monoisotopic (exact) mass is 526 g/mol. The quantitative estimate of drug-likeness (QED) is 0.300.